The molecule has 0 bridgehead atoms. The van der Waals surface area contributed by atoms with Crippen molar-refractivity contribution in [3.05, 3.63) is 85.6 Å². The number of carbonyl (C=O) groups is 1. The fourth-order valence-electron chi connectivity index (χ4n) is 3.13. The predicted molar refractivity (Wildman–Crippen MR) is 117 cm³/mol. The zero-order valence-corrected chi connectivity index (χ0v) is 17.5. The summed E-state index contributed by atoms with van der Waals surface area (Å²) in [6.07, 6.45) is 6.50. The summed E-state index contributed by atoms with van der Waals surface area (Å²) in [5, 5.41) is 22.5. The van der Waals surface area contributed by atoms with Crippen molar-refractivity contribution in [3.63, 3.8) is 0 Å². The van der Waals surface area contributed by atoms with Crippen LogP contribution in [0.1, 0.15) is 41.7 Å². The number of aromatic nitrogens is 2. The number of rotatable bonds is 10. The molecule has 3 rings (SSSR count). The third-order valence-corrected chi connectivity index (χ3v) is 5.63. The third kappa shape index (κ3) is 5.42. The van der Waals surface area contributed by atoms with Gasteiger partial charge in [-0.3, -0.25) is 10.1 Å². The lowest BCUT2D eigenvalue weighted by atomic mass is 10.1. The topological polar surface area (TPSA) is 98.3 Å². The SMILES string of the molecule is CCCCc1ncc(/C=C(\Cc2cccs2)C(=O)O)n1Cc1ccc([N+](=O)[O-])cc1. The lowest BCUT2D eigenvalue weighted by molar-refractivity contribution is -0.384. The van der Waals surface area contributed by atoms with Crippen molar-refractivity contribution in [1.29, 1.82) is 0 Å². The maximum absolute atomic E-state index is 11.8. The van der Waals surface area contributed by atoms with E-state index in [4.69, 9.17) is 0 Å². The summed E-state index contributed by atoms with van der Waals surface area (Å²) in [6.45, 7) is 2.57. The molecule has 3 aromatic rings. The van der Waals surface area contributed by atoms with Crippen LogP contribution in [-0.4, -0.2) is 25.6 Å². The van der Waals surface area contributed by atoms with Gasteiger partial charge in [-0.05, 0) is 29.5 Å². The molecule has 7 nitrogen and oxygen atoms in total. The molecule has 2 aromatic heterocycles. The standard InChI is InChI=1S/C22H23N3O4S/c1-2-3-6-21-23-14-19(12-17(22(26)27)13-20-5-4-11-30-20)24(21)15-16-7-9-18(10-8-16)25(28)29/h4-5,7-12,14H,2-3,6,13,15H2,1H3,(H,26,27)/b17-12+. The Morgan fingerprint density at radius 3 is 2.67 bits per heavy atom. The Bertz CT molecular complexity index is 1040. The first-order valence-corrected chi connectivity index (χ1v) is 10.6. The molecule has 0 saturated carbocycles. The molecule has 0 unspecified atom stereocenters. The van der Waals surface area contributed by atoms with Crippen LogP contribution >= 0.6 is 11.3 Å². The number of nitro groups is 1. The molecule has 1 N–H and O–H groups in total. The summed E-state index contributed by atoms with van der Waals surface area (Å²) in [6, 6.07) is 10.2. The number of carboxylic acids is 1. The van der Waals surface area contributed by atoms with Crippen LogP contribution in [0.25, 0.3) is 6.08 Å². The number of thiophene rings is 1. The highest BCUT2D eigenvalue weighted by Crippen LogP contribution is 2.20. The highest BCUT2D eigenvalue weighted by molar-refractivity contribution is 7.09. The fourth-order valence-corrected chi connectivity index (χ4v) is 3.86. The van der Waals surface area contributed by atoms with Crippen molar-refractivity contribution in [2.75, 3.05) is 0 Å². The predicted octanol–water partition coefficient (Wildman–Crippen LogP) is 4.95. The molecule has 2 heterocycles. The number of nitrogens with zero attached hydrogens (tertiary/aromatic N) is 3. The van der Waals surface area contributed by atoms with E-state index in [1.54, 1.807) is 24.4 Å². The van der Waals surface area contributed by atoms with E-state index in [2.05, 4.69) is 11.9 Å². The van der Waals surface area contributed by atoms with E-state index in [0.717, 1.165) is 35.5 Å². The second kappa shape index (κ2) is 9.98. The fraction of sp³-hybridized carbons (Fsp3) is 0.273. The number of carboxylic acid groups (broad SMARTS) is 1. The van der Waals surface area contributed by atoms with E-state index < -0.39 is 10.9 Å². The number of nitro benzene ring substituents is 1. The summed E-state index contributed by atoms with van der Waals surface area (Å²) < 4.78 is 1.99. The quantitative estimate of drug-likeness (QED) is 0.281. The molecule has 156 valence electrons. The molecular weight excluding hydrogens is 402 g/mol. The van der Waals surface area contributed by atoms with Crippen LogP contribution in [-0.2, 0) is 24.2 Å². The van der Waals surface area contributed by atoms with Gasteiger partial charge in [0.1, 0.15) is 5.82 Å². The Kier molecular flexibility index (Phi) is 7.13. The van der Waals surface area contributed by atoms with E-state index in [0.29, 0.717) is 24.2 Å². The lowest BCUT2D eigenvalue weighted by Gasteiger charge is -2.11. The second-order valence-corrected chi connectivity index (χ2v) is 7.98. The lowest BCUT2D eigenvalue weighted by Crippen LogP contribution is -2.09. The van der Waals surface area contributed by atoms with Gasteiger partial charge in [-0.25, -0.2) is 9.78 Å². The number of aryl methyl sites for hydroxylation is 1. The number of hydrogen-bond acceptors (Lipinski definition) is 5. The van der Waals surface area contributed by atoms with E-state index in [1.165, 1.54) is 23.5 Å². The van der Waals surface area contributed by atoms with E-state index in [-0.39, 0.29) is 5.69 Å². The Hall–Kier alpha value is -3.26. The minimum atomic E-state index is -0.957. The highest BCUT2D eigenvalue weighted by atomic mass is 32.1. The van der Waals surface area contributed by atoms with Crippen molar-refractivity contribution in [3.8, 4) is 0 Å². The molecule has 0 aliphatic rings. The minimum Gasteiger partial charge on any atom is -0.478 e. The summed E-state index contributed by atoms with van der Waals surface area (Å²) in [5.41, 5.74) is 1.94. The van der Waals surface area contributed by atoms with Crippen molar-refractivity contribution >= 4 is 29.1 Å². The molecule has 0 atom stereocenters. The van der Waals surface area contributed by atoms with Gasteiger partial charge in [-0.2, -0.15) is 0 Å². The maximum atomic E-state index is 11.8. The van der Waals surface area contributed by atoms with Gasteiger partial charge in [0.15, 0.2) is 0 Å². The Balaban J connectivity index is 1.94. The smallest absolute Gasteiger partial charge is 0.332 e. The first kappa shape index (κ1) is 21.4. The van der Waals surface area contributed by atoms with Crippen molar-refractivity contribution in [2.45, 2.75) is 39.2 Å². The zero-order chi connectivity index (χ0) is 21.5. The van der Waals surface area contributed by atoms with Crippen LogP contribution in [0.4, 0.5) is 5.69 Å². The molecule has 30 heavy (non-hydrogen) atoms. The van der Waals surface area contributed by atoms with Crippen LogP contribution in [0.15, 0.2) is 53.5 Å². The molecule has 1 aromatic carbocycles. The van der Waals surface area contributed by atoms with Gasteiger partial charge in [0.05, 0.1) is 16.8 Å². The van der Waals surface area contributed by atoms with Crippen molar-refractivity contribution in [2.24, 2.45) is 0 Å². The van der Waals surface area contributed by atoms with Gasteiger partial charge in [0.25, 0.3) is 5.69 Å². The molecule has 8 heteroatoms. The van der Waals surface area contributed by atoms with Crippen molar-refractivity contribution in [1.82, 2.24) is 9.55 Å². The highest BCUT2D eigenvalue weighted by Gasteiger charge is 2.14. The van der Waals surface area contributed by atoms with E-state index in [9.17, 15) is 20.0 Å². The Morgan fingerprint density at radius 1 is 1.30 bits per heavy atom. The van der Waals surface area contributed by atoms with Crippen molar-refractivity contribution < 1.29 is 14.8 Å². The van der Waals surface area contributed by atoms with Gasteiger partial charge >= 0.3 is 5.97 Å². The first-order chi connectivity index (χ1) is 14.5. The second-order valence-electron chi connectivity index (χ2n) is 6.94. The maximum Gasteiger partial charge on any atom is 0.332 e. The largest absolute Gasteiger partial charge is 0.478 e. The van der Waals surface area contributed by atoms with Crippen LogP contribution < -0.4 is 0 Å². The number of unbranched alkanes of at least 4 members (excludes halogenated alkanes) is 1. The zero-order valence-electron chi connectivity index (χ0n) is 16.7. The molecule has 0 aliphatic carbocycles. The molecule has 0 radical (unpaired) electrons. The summed E-state index contributed by atoms with van der Waals surface area (Å²) in [4.78, 5) is 27.8. The summed E-state index contributed by atoms with van der Waals surface area (Å²) in [7, 11) is 0. The molecule has 0 spiro atoms. The van der Waals surface area contributed by atoms with Crippen LogP contribution in [0.5, 0.6) is 0 Å². The van der Waals surface area contributed by atoms with Gasteiger partial charge in [0, 0.05) is 42.0 Å². The number of benzene rings is 1. The van der Waals surface area contributed by atoms with E-state index >= 15 is 0 Å². The Labute approximate surface area is 178 Å². The van der Waals surface area contributed by atoms with Crippen LogP contribution in [0.2, 0.25) is 0 Å². The first-order valence-electron chi connectivity index (χ1n) is 9.72. The molecule has 0 amide bonds. The minimum absolute atomic E-state index is 0.0415. The van der Waals surface area contributed by atoms with E-state index in [1.807, 2.05) is 22.1 Å². The molecule has 0 fully saturated rings. The molecular formula is C22H23N3O4S. The summed E-state index contributed by atoms with van der Waals surface area (Å²) >= 11 is 1.52. The van der Waals surface area contributed by atoms with Crippen LogP contribution in [0.3, 0.4) is 0 Å². The van der Waals surface area contributed by atoms with Crippen LogP contribution in [0, 0.1) is 10.1 Å². The molecule has 0 aliphatic heterocycles. The number of hydrogen-bond donors (Lipinski definition) is 1. The Morgan fingerprint density at radius 2 is 2.07 bits per heavy atom. The van der Waals surface area contributed by atoms with Gasteiger partial charge < -0.3 is 9.67 Å². The third-order valence-electron chi connectivity index (χ3n) is 4.75. The number of aliphatic carboxylic acids is 1. The van der Waals surface area contributed by atoms with Gasteiger partial charge in [-0.15, -0.1) is 11.3 Å². The number of imidazole rings is 1. The monoisotopic (exact) mass is 425 g/mol. The van der Waals surface area contributed by atoms with Gasteiger partial charge in [0.2, 0.25) is 0 Å². The van der Waals surface area contributed by atoms with Gasteiger partial charge in [-0.1, -0.05) is 31.5 Å². The molecule has 0 saturated heterocycles. The average molecular weight is 426 g/mol. The average Bonchev–Trinajstić information content (AvgIpc) is 3.37. The summed E-state index contributed by atoms with van der Waals surface area (Å²) in [5.74, 6) is -0.0797. The normalized spacial score (nSPS) is 11.6. The number of non-ortho nitro benzene ring substituents is 1.